The van der Waals surface area contributed by atoms with E-state index < -0.39 is 0 Å². The smallest absolute Gasteiger partial charge is 0.111 e. The molecule has 92 valence electrons. The van der Waals surface area contributed by atoms with Crippen molar-refractivity contribution in [3.63, 3.8) is 0 Å². The number of H-pyrrole nitrogens is 1. The minimum atomic E-state index is 0.616. The number of nitriles is 1. The van der Waals surface area contributed by atoms with Crippen LogP contribution in [0.3, 0.4) is 0 Å². The van der Waals surface area contributed by atoms with Crippen LogP contribution in [0.15, 0.2) is 42.5 Å². The first-order chi connectivity index (χ1) is 9.28. The molecule has 0 atom stereocenters. The molecule has 0 saturated carbocycles. The lowest BCUT2D eigenvalue weighted by Gasteiger charge is -2.02. The molecule has 2 aromatic carbocycles. The molecule has 1 aromatic heterocycles. The molecule has 19 heavy (non-hydrogen) atoms. The average Bonchev–Trinajstić information content (AvgIpc) is 2.83. The zero-order valence-electron chi connectivity index (χ0n) is 10.6. The zero-order chi connectivity index (χ0) is 13.2. The van der Waals surface area contributed by atoms with Crippen molar-refractivity contribution >= 4 is 11.0 Å². The van der Waals surface area contributed by atoms with Gasteiger partial charge in [-0.25, -0.2) is 4.98 Å². The first-order valence-corrected chi connectivity index (χ1v) is 6.20. The third-order valence-electron chi connectivity index (χ3n) is 3.30. The van der Waals surface area contributed by atoms with Gasteiger partial charge >= 0.3 is 0 Å². The summed E-state index contributed by atoms with van der Waals surface area (Å²) in [5.74, 6) is 0.895. The van der Waals surface area contributed by atoms with Gasteiger partial charge in [0.2, 0.25) is 0 Å². The highest BCUT2D eigenvalue weighted by atomic mass is 14.9. The summed E-state index contributed by atoms with van der Waals surface area (Å²) in [5.41, 5.74) is 4.80. The molecule has 3 aromatic rings. The van der Waals surface area contributed by atoms with Crippen molar-refractivity contribution in [3.05, 3.63) is 65.0 Å². The molecule has 3 nitrogen and oxygen atoms in total. The summed E-state index contributed by atoms with van der Waals surface area (Å²) in [4.78, 5) is 7.83. The normalized spacial score (nSPS) is 10.5. The van der Waals surface area contributed by atoms with Crippen LogP contribution >= 0.6 is 0 Å². The number of nitrogens with zero attached hydrogens (tertiary/aromatic N) is 2. The Balaban J connectivity index is 2.03. The van der Waals surface area contributed by atoms with Gasteiger partial charge < -0.3 is 4.98 Å². The molecule has 1 heterocycles. The molecule has 0 aliphatic heterocycles. The summed E-state index contributed by atoms with van der Waals surface area (Å²) in [5, 5.41) is 9.07. The van der Waals surface area contributed by atoms with E-state index in [1.54, 1.807) is 6.07 Å². The van der Waals surface area contributed by atoms with E-state index in [-0.39, 0.29) is 0 Å². The van der Waals surface area contributed by atoms with Crippen molar-refractivity contribution in [2.45, 2.75) is 13.3 Å². The molecule has 1 N–H and O–H groups in total. The summed E-state index contributed by atoms with van der Waals surface area (Å²) in [6.07, 6.45) is 0.756. The van der Waals surface area contributed by atoms with Gasteiger partial charge in [-0.1, -0.05) is 30.3 Å². The monoisotopic (exact) mass is 247 g/mol. The van der Waals surface area contributed by atoms with Gasteiger partial charge in [0, 0.05) is 6.42 Å². The van der Waals surface area contributed by atoms with Gasteiger partial charge in [-0.3, -0.25) is 0 Å². The van der Waals surface area contributed by atoms with E-state index in [2.05, 4.69) is 35.1 Å². The van der Waals surface area contributed by atoms with Crippen LogP contribution in [0.5, 0.6) is 0 Å². The Kier molecular flexibility index (Phi) is 2.77. The van der Waals surface area contributed by atoms with Crippen LogP contribution in [0.25, 0.3) is 11.0 Å². The van der Waals surface area contributed by atoms with Gasteiger partial charge in [0.15, 0.2) is 0 Å². The van der Waals surface area contributed by atoms with Crippen LogP contribution in [0.1, 0.15) is 22.5 Å². The average molecular weight is 247 g/mol. The molecule has 3 heteroatoms. The molecule has 0 bridgehead atoms. The fraction of sp³-hybridized carbons (Fsp3) is 0.125. The number of imidazole rings is 1. The topological polar surface area (TPSA) is 52.5 Å². The Hall–Kier alpha value is -2.60. The predicted octanol–water partition coefficient (Wildman–Crippen LogP) is 3.33. The molecule has 0 saturated heterocycles. The lowest BCUT2D eigenvalue weighted by molar-refractivity contribution is 1.03. The Morgan fingerprint density at radius 2 is 2.00 bits per heavy atom. The minimum absolute atomic E-state index is 0.616. The van der Waals surface area contributed by atoms with Gasteiger partial charge in [-0.15, -0.1) is 0 Å². The number of aromatic amines is 1. The van der Waals surface area contributed by atoms with Crippen molar-refractivity contribution < 1.29 is 0 Å². The fourth-order valence-electron chi connectivity index (χ4n) is 2.25. The summed E-state index contributed by atoms with van der Waals surface area (Å²) in [6, 6.07) is 16.1. The van der Waals surface area contributed by atoms with E-state index in [1.165, 1.54) is 11.1 Å². The SMILES string of the molecule is Cc1ccccc1Cc1nc2c(C#N)cccc2[nH]1. The maximum Gasteiger partial charge on any atom is 0.111 e. The van der Waals surface area contributed by atoms with E-state index in [9.17, 15) is 0 Å². The molecular formula is C16H13N3. The maximum atomic E-state index is 9.07. The molecule has 0 unspecified atom stereocenters. The number of aryl methyl sites for hydroxylation is 1. The predicted molar refractivity (Wildman–Crippen MR) is 74.8 cm³/mol. The van der Waals surface area contributed by atoms with E-state index in [0.29, 0.717) is 5.56 Å². The fourth-order valence-corrected chi connectivity index (χ4v) is 2.25. The first-order valence-electron chi connectivity index (χ1n) is 6.20. The second kappa shape index (κ2) is 4.58. The number of hydrogen-bond donors (Lipinski definition) is 1. The van der Waals surface area contributed by atoms with Crippen LogP contribution in [-0.2, 0) is 6.42 Å². The molecule has 3 rings (SSSR count). The highest BCUT2D eigenvalue weighted by molar-refractivity contribution is 5.81. The largest absolute Gasteiger partial charge is 0.342 e. The van der Waals surface area contributed by atoms with Gasteiger partial charge in [-0.05, 0) is 30.2 Å². The molecule has 0 aliphatic carbocycles. The van der Waals surface area contributed by atoms with Crippen molar-refractivity contribution in [1.29, 1.82) is 5.26 Å². The number of benzene rings is 2. The summed E-state index contributed by atoms with van der Waals surface area (Å²) in [7, 11) is 0. The Morgan fingerprint density at radius 1 is 1.16 bits per heavy atom. The molecule has 0 fully saturated rings. The number of rotatable bonds is 2. The zero-order valence-corrected chi connectivity index (χ0v) is 10.6. The third-order valence-corrected chi connectivity index (χ3v) is 3.30. The molecule has 0 radical (unpaired) electrons. The van der Waals surface area contributed by atoms with Crippen molar-refractivity contribution in [1.82, 2.24) is 9.97 Å². The second-order valence-corrected chi connectivity index (χ2v) is 4.60. The summed E-state index contributed by atoms with van der Waals surface area (Å²) < 4.78 is 0. The van der Waals surface area contributed by atoms with Gasteiger partial charge in [0.1, 0.15) is 17.4 Å². The Labute approximate surface area is 111 Å². The quantitative estimate of drug-likeness (QED) is 0.755. The third kappa shape index (κ3) is 2.09. The summed E-state index contributed by atoms with van der Waals surface area (Å²) in [6.45, 7) is 2.10. The number of nitrogens with one attached hydrogen (secondary N) is 1. The van der Waals surface area contributed by atoms with E-state index in [0.717, 1.165) is 23.3 Å². The van der Waals surface area contributed by atoms with Crippen LogP contribution < -0.4 is 0 Å². The molecule has 0 aliphatic rings. The maximum absolute atomic E-state index is 9.07. The lowest BCUT2D eigenvalue weighted by atomic mass is 10.1. The minimum Gasteiger partial charge on any atom is -0.342 e. The van der Waals surface area contributed by atoms with Gasteiger partial charge in [-0.2, -0.15) is 5.26 Å². The highest BCUT2D eigenvalue weighted by Crippen LogP contribution is 2.18. The molecular weight excluding hydrogens is 234 g/mol. The van der Waals surface area contributed by atoms with Crippen LogP contribution in [0, 0.1) is 18.3 Å². The van der Waals surface area contributed by atoms with E-state index in [1.807, 2.05) is 24.3 Å². The summed E-state index contributed by atoms with van der Waals surface area (Å²) >= 11 is 0. The number of fused-ring (bicyclic) bond motifs is 1. The standard InChI is InChI=1S/C16H13N3/c1-11-5-2-3-6-12(11)9-15-18-14-8-4-7-13(10-17)16(14)19-15/h2-8H,9H2,1H3,(H,18,19). The molecule has 0 spiro atoms. The first kappa shape index (κ1) is 11.5. The second-order valence-electron chi connectivity index (χ2n) is 4.60. The number of aromatic nitrogens is 2. The number of hydrogen-bond acceptors (Lipinski definition) is 2. The van der Waals surface area contributed by atoms with Gasteiger partial charge in [0.05, 0.1) is 11.1 Å². The highest BCUT2D eigenvalue weighted by Gasteiger charge is 2.08. The Morgan fingerprint density at radius 3 is 2.79 bits per heavy atom. The lowest BCUT2D eigenvalue weighted by Crippen LogP contribution is -1.93. The van der Waals surface area contributed by atoms with Crippen molar-refractivity contribution in [3.8, 4) is 6.07 Å². The van der Waals surface area contributed by atoms with Crippen molar-refractivity contribution in [2.75, 3.05) is 0 Å². The van der Waals surface area contributed by atoms with Crippen LogP contribution in [0.4, 0.5) is 0 Å². The van der Waals surface area contributed by atoms with E-state index >= 15 is 0 Å². The molecule has 0 amide bonds. The van der Waals surface area contributed by atoms with Crippen LogP contribution in [-0.4, -0.2) is 9.97 Å². The van der Waals surface area contributed by atoms with Crippen LogP contribution in [0.2, 0.25) is 0 Å². The van der Waals surface area contributed by atoms with Crippen molar-refractivity contribution in [2.24, 2.45) is 0 Å². The van der Waals surface area contributed by atoms with Gasteiger partial charge in [0.25, 0.3) is 0 Å². The Bertz CT molecular complexity index is 778. The van der Waals surface area contributed by atoms with E-state index in [4.69, 9.17) is 5.26 Å². The number of para-hydroxylation sites is 1.